The van der Waals surface area contributed by atoms with Gasteiger partial charge in [0.1, 0.15) is 17.1 Å². The van der Waals surface area contributed by atoms with Crippen LogP contribution in [0.5, 0.6) is 5.75 Å². The Hall–Kier alpha value is -3.86. The monoisotopic (exact) mass is 549 g/mol. The number of aryl methyl sites for hydroxylation is 1. The first-order chi connectivity index (χ1) is 17.8. The third-order valence-corrected chi connectivity index (χ3v) is 6.82. The summed E-state index contributed by atoms with van der Waals surface area (Å²) >= 11 is 1.30. The molecule has 0 bridgehead atoms. The molecule has 0 aliphatic carbocycles. The van der Waals surface area contributed by atoms with Gasteiger partial charge in [0.05, 0.1) is 0 Å². The lowest BCUT2D eigenvalue weighted by Gasteiger charge is -2.11. The summed E-state index contributed by atoms with van der Waals surface area (Å²) in [6.07, 6.45) is -1.04. The molecule has 3 rings (SSSR count). The molecule has 2 heterocycles. The van der Waals surface area contributed by atoms with Crippen molar-refractivity contribution >= 4 is 39.4 Å². The van der Waals surface area contributed by atoms with Crippen LogP contribution in [-0.4, -0.2) is 28.3 Å². The van der Waals surface area contributed by atoms with Crippen LogP contribution in [0.4, 0.5) is 18.0 Å². The number of rotatable bonds is 10. The number of hydrogen-bond donors (Lipinski definition) is 3. The van der Waals surface area contributed by atoms with Crippen molar-refractivity contribution in [1.82, 2.24) is 5.32 Å². The van der Waals surface area contributed by atoms with E-state index >= 15 is 0 Å². The molecule has 3 N–H and O–H groups in total. The number of aromatic hydroxyl groups is 1. The van der Waals surface area contributed by atoms with Gasteiger partial charge in [-0.3, -0.25) is 10.1 Å². The number of carboxylic acid groups (broad SMARTS) is 1. The molecule has 0 aliphatic rings. The Labute approximate surface area is 219 Å². The summed E-state index contributed by atoms with van der Waals surface area (Å²) in [6.45, 7) is 3.26. The smallest absolute Gasteiger partial charge is 0.408 e. The number of nitrogens with one attached hydrogen (secondary N) is 1. The van der Waals surface area contributed by atoms with E-state index in [1.807, 2.05) is 0 Å². The maximum Gasteiger partial charge on any atom is 0.408 e. The molecule has 7 nitrogen and oxygen atoms in total. The highest BCUT2D eigenvalue weighted by atomic mass is 32.1. The summed E-state index contributed by atoms with van der Waals surface area (Å²) in [7, 11) is 0. The minimum atomic E-state index is -4.23. The number of ketones is 1. The van der Waals surface area contributed by atoms with Crippen molar-refractivity contribution in [2.45, 2.75) is 51.6 Å². The molecule has 38 heavy (non-hydrogen) atoms. The molecule has 1 atom stereocenters. The van der Waals surface area contributed by atoms with E-state index in [-0.39, 0.29) is 23.7 Å². The Kier molecular flexibility index (Phi) is 9.16. The summed E-state index contributed by atoms with van der Waals surface area (Å²) in [5.74, 6) is -1.31. The molecular weight excluding hydrogens is 523 g/mol. The largest absolute Gasteiger partial charge is 0.507 e. The Morgan fingerprint density at radius 3 is 2.61 bits per heavy atom. The number of amides is 1. The third-order valence-electron chi connectivity index (χ3n) is 5.77. The van der Waals surface area contributed by atoms with Crippen molar-refractivity contribution in [1.29, 1.82) is 0 Å². The van der Waals surface area contributed by atoms with Crippen LogP contribution < -0.4 is 10.9 Å². The fourth-order valence-electron chi connectivity index (χ4n) is 3.74. The highest BCUT2D eigenvalue weighted by Gasteiger charge is 2.26. The van der Waals surface area contributed by atoms with Crippen LogP contribution in [0.15, 0.2) is 57.4 Å². The second-order valence-corrected chi connectivity index (χ2v) is 9.93. The van der Waals surface area contributed by atoms with Crippen LogP contribution in [0.1, 0.15) is 65.6 Å². The van der Waals surface area contributed by atoms with Gasteiger partial charge in [-0.15, -0.1) is 11.3 Å². The lowest BCUT2D eigenvalue weighted by Crippen LogP contribution is -2.16. The van der Waals surface area contributed by atoms with Crippen LogP contribution in [0, 0.1) is 0 Å². The highest BCUT2D eigenvalue weighted by Crippen LogP contribution is 2.31. The number of halogens is 3. The number of alkyl halides is 3. The quantitative estimate of drug-likeness (QED) is 0.185. The minimum Gasteiger partial charge on any atom is -0.507 e. The topological polar surface area (TPSA) is 117 Å². The molecule has 0 radical (unpaired) electrons. The van der Waals surface area contributed by atoms with E-state index in [0.717, 1.165) is 10.1 Å². The molecular formula is C27H26F3NO6S. The zero-order chi connectivity index (χ0) is 28.0. The lowest BCUT2D eigenvalue weighted by molar-refractivity contribution is -0.134. The van der Waals surface area contributed by atoms with Gasteiger partial charge in [0, 0.05) is 34.2 Å². The standard InChI is InChI=1S/C27H26F3NO6S/c1-15(5-3-4-10-31-26(35)36)21-14-20(32)23(25(34)37-21)24(33)16(2)11-19-13-18-7-6-17(12-22(18)38-19)8-9-27(28,29)30/h4,6-7,10-15,31-32H,3,5,8-9H2,1-2H3,(H,35,36)/b10-4+,16-11?. The summed E-state index contributed by atoms with van der Waals surface area (Å²) in [5.41, 5.74) is -0.729. The van der Waals surface area contributed by atoms with Gasteiger partial charge in [0.15, 0.2) is 5.78 Å². The predicted octanol–water partition coefficient (Wildman–Crippen LogP) is 7.01. The van der Waals surface area contributed by atoms with Gasteiger partial charge >= 0.3 is 17.9 Å². The summed E-state index contributed by atoms with van der Waals surface area (Å²) in [5, 5.41) is 21.9. The summed E-state index contributed by atoms with van der Waals surface area (Å²) < 4.78 is 43.7. The van der Waals surface area contributed by atoms with E-state index < -0.39 is 41.4 Å². The van der Waals surface area contributed by atoms with E-state index in [1.54, 1.807) is 43.3 Å². The van der Waals surface area contributed by atoms with Gasteiger partial charge in [-0.2, -0.15) is 13.2 Å². The molecule has 1 unspecified atom stereocenters. The summed E-state index contributed by atoms with van der Waals surface area (Å²) in [4.78, 5) is 36.6. The fourth-order valence-corrected chi connectivity index (χ4v) is 4.87. The maximum atomic E-state index is 13.0. The van der Waals surface area contributed by atoms with Crippen LogP contribution in [0.2, 0.25) is 0 Å². The van der Waals surface area contributed by atoms with Crippen molar-refractivity contribution in [2.75, 3.05) is 0 Å². The number of allylic oxidation sites excluding steroid dienone is 2. The number of hydrogen-bond acceptors (Lipinski definition) is 6. The first-order valence-corrected chi connectivity index (χ1v) is 12.5. The van der Waals surface area contributed by atoms with Crippen LogP contribution in [-0.2, 0) is 6.42 Å². The van der Waals surface area contributed by atoms with E-state index in [9.17, 15) is 32.7 Å². The molecule has 202 valence electrons. The minimum absolute atomic E-state index is 0.123. The van der Waals surface area contributed by atoms with Crippen molar-refractivity contribution in [2.24, 2.45) is 0 Å². The third kappa shape index (κ3) is 7.82. The van der Waals surface area contributed by atoms with Gasteiger partial charge in [-0.25, -0.2) is 9.59 Å². The normalized spacial score (nSPS) is 13.2. The van der Waals surface area contributed by atoms with Gasteiger partial charge in [-0.05, 0) is 60.9 Å². The highest BCUT2D eigenvalue weighted by molar-refractivity contribution is 7.19. The molecule has 0 saturated carbocycles. The Balaban J connectivity index is 1.74. The van der Waals surface area contributed by atoms with E-state index in [0.29, 0.717) is 23.3 Å². The van der Waals surface area contributed by atoms with Gasteiger partial charge in [-0.1, -0.05) is 25.1 Å². The van der Waals surface area contributed by atoms with E-state index in [1.165, 1.54) is 30.5 Å². The summed E-state index contributed by atoms with van der Waals surface area (Å²) in [6, 6.07) is 8.08. The zero-order valence-corrected chi connectivity index (χ0v) is 21.4. The predicted molar refractivity (Wildman–Crippen MR) is 139 cm³/mol. The van der Waals surface area contributed by atoms with Gasteiger partial charge in [0.2, 0.25) is 0 Å². The number of fused-ring (bicyclic) bond motifs is 1. The number of Topliss-reactive ketones (excluding diaryl/α,β-unsaturated/α-hetero) is 1. The number of benzene rings is 1. The second kappa shape index (κ2) is 12.1. The number of carbonyl (C=O) groups is 2. The first-order valence-electron chi connectivity index (χ1n) is 11.7. The van der Waals surface area contributed by atoms with Crippen molar-refractivity contribution < 1.29 is 37.4 Å². The Morgan fingerprint density at radius 2 is 1.95 bits per heavy atom. The maximum absolute atomic E-state index is 13.0. The van der Waals surface area contributed by atoms with Crippen molar-refractivity contribution in [3.63, 3.8) is 0 Å². The first kappa shape index (κ1) is 28.7. The average molecular weight is 550 g/mol. The molecule has 1 aromatic carbocycles. The van der Waals surface area contributed by atoms with E-state index in [4.69, 9.17) is 9.52 Å². The molecule has 0 saturated heterocycles. The molecule has 0 fully saturated rings. The molecule has 0 spiro atoms. The molecule has 2 aromatic heterocycles. The van der Waals surface area contributed by atoms with Gasteiger partial charge < -0.3 is 14.6 Å². The van der Waals surface area contributed by atoms with Crippen LogP contribution in [0.25, 0.3) is 16.2 Å². The number of carbonyl (C=O) groups excluding carboxylic acids is 1. The Morgan fingerprint density at radius 1 is 1.21 bits per heavy atom. The van der Waals surface area contributed by atoms with Gasteiger partial charge in [0.25, 0.3) is 0 Å². The molecule has 11 heteroatoms. The lowest BCUT2D eigenvalue weighted by atomic mass is 10.00. The number of thiophene rings is 1. The Bertz CT molecular complexity index is 1450. The SMILES string of the molecule is CC(=Cc1cc2ccc(CCC(F)(F)F)cc2s1)C(=O)c1c(O)cc(C(C)CC/C=C/NC(=O)O)oc1=O. The van der Waals surface area contributed by atoms with Crippen molar-refractivity contribution in [3.05, 3.63) is 80.4 Å². The second-order valence-electron chi connectivity index (χ2n) is 8.82. The molecule has 3 aromatic rings. The van der Waals surface area contributed by atoms with Crippen LogP contribution >= 0.6 is 11.3 Å². The average Bonchev–Trinajstić information content (AvgIpc) is 3.22. The van der Waals surface area contributed by atoms with Crippen molar-refractivity contribution in [3.8, 4) is 5.75 Å². The zero-order valence-electron chi connectivity index (χ0n) is 20.6. The molecule has 1 amide bonds. The fraction of sp³-hybridized carbons (Fsp3) is 0.296. The molecule has 0 aliphatic heterocycles. The van der Waals surface area contributed by atoms with Crippen LogP contribution in [0.3, 0.4) is 0 Å². The van der Waals surface area contributed by atoms with E-state index in [2.05, 4.69) is 5.32 Å².